The summed E-state index contributed by atoms with van der Waals surface area (Å²) in [5.74, 6) is -0.404. The van der Waals surface area contributed by atoms with E-state index in [-0.39, 0.29) is 34.7 Å². The predicted molar refractivity (Wildman–Crippen MR) is 108 cm³/mol. The van der Waals surface area contributed by atoms with Gasteiger partial charge in [-0.15, -0.1) is 0 Å². The minimum atomic E-state index is -4.49. The lowest BCUT2D eigenvalue weighted by Crippen LogP contribution is -2.51. The Bertz CT molecular complexity index is 751. The van der Waals surface area contributed by atoms with Crippen LogP contribution < -0.4 is 10.6 Å². The van der Waals surface area contributed by atoms with Gasteiger partial charge in [0.2, 0.25) is 5.91 Å². The average molecular weight is 450 g/mol. The number of rotatable bonds is 6. The van der Waals surface area contributed by atoms with Crippen LogP contribution in [-0.4, -0.2) is 48.7 Å². The van der Waals surface area contributed by atoms with Crippen LogP contribution in [0.5, 0.6) is 0 Å². The Balaban J connectivity index is 1.98. The second-order valence-corrected chi connectivity index (χ2v) is 7.93. The van der Waals surface area contributed by atoms with Crippen LogP contribution in [-0.2, 0) is 15.7 Å². The van der Waals surface area contributed by atoms with Gasteiger partial charge in [0.15, 0.2) is 0 Å². The highest BCUT2D eigenvalue weighted by molar-refractivity contribution is 6.33. The Labute approximate surface area is 179 Å². The minimum Gasteiger partial charge on any atom is -0.450 e. The number of piperidine rings is 1. The van der Waals surface area contributed by atoms with Crippen molar-refractivity contribution in [1.82, 2.24) is 10.2 Å². The number of hydrogen-bond acceptors (Lipinski definition) is 4. The van der Waals surface area contributed by atoms with Crippen molar-refractivity contribution in [1.29, 1.82) is 0 Å². The number of benzene rings is 1. The van der Waals surface area contributed by atoms with Gasteiger partial charge >= 0.3 is 12.3 Å². The van der Waals surface area contributed by atoms with Crippen LogP contribution in [0.2, 0.25) is 5.02 Å². The largest absolute Gasteiger partial charge is 0.450 e. The van der Waals surface area contributed by atoms with Gasteiger partial charge in [-0.3, -0.25) is 4.79 Å². The standard InChI is InChI=1S/C20H27ClF3N3O3/c1-4-30-19(29)27-9-7-14(8-10-27)25-18(28)17(12(2)3)26-16-6-5-13(11-15(16)21)20(22,23)24/h5-6,11-12,14,17,26H,4,7-10H2,1-3H3,(H,25,28)/t17-/m0/s1. The molecule has 30 heavy (non-hydrogen) atoms. The minimum absolute atomic E-state index is 0.102. The smallest absolute Gasteiger partial charge is 0.416 e. The molecule has 2 amide bonds. The Morgan fingerprint density at radius 1 is 1.27 bits per heavy atom. The van der Waals surface area contributed by atoms with Crippen molar-refractivity contribution >= 4 is 29.3 Å². The molecule has 0 saturated carbocycles. The van der Waals surface area contributed by atoms with Crippen LogP contribution in [0.1, 0.15) is 39.2 Å². The lowest BCUT2D eigenvalue weighted by atomic mass is 10.00. The van der Waals surface area contributed by atoms with Crippen LogP contribution in [0.25, 0.3) is 0 Å². The molecule has 0 spiro atoms. The van der Waals surface area contributed by atoms with E-state index in [1.165, 1.54) is 6.07 Å². The number of carbonyl (C=O) groups excluding carboxylic acids is 2. The van der Waals surface area contributed by atoms with Gasteiger partial charge in [-0.2, -0.15) is 13.2 Å². The van der Waals surface area contributed by atoms with Crippen LogP contribution in [0.3, 0.4) is 0 Å². The summed E-state index contributed by atoms with van der Waals surface area (Å²) in [6.45, 7) is 6.68. The maximum Gasteiger partial charge on any atom is 0.416 e. The number of likely N-dealkylation sites (tertiary alicyclic amines) is 1. The molecule has 2 rings (SSSR count). The summed E-state index contributed by atoms with van der Waals surface area (Å²) in [5, 5.41) is 5.82. The highest BCUT2D eigenvalue weighted by atomic mass is 35.5. The lowest BCUT2D eigenvalue weighted by Gasteiger charge is -2.33. The highest BCUT2D eigenvalue weighted by Gasteiger charge is 2.32. The van der Waals surface area contributed by atoms with Gasteiger partial charge in [-0.05, 0) is 43.9 Å². The van der Waals surface area contributed by atoms with Gasteiger partial charge in [-0.25, -0.2) is 4.79 Å². The third kappa shape index (κ3) is 6.42. The fourth-order valence-electron chi connectivity index (χ4n) is 3.22. The molecule has 0 aromatic heterocycles. The Kier molecular flexibility index (Phi) is 8.23. The maximum atomic E-state index is 12.8. The molecular formula is C20H27ClF3N3O3. The number of nitrogens with zero attached hydrogens (tertiary/aromatic N) is 1. The molecule has 10 heteroatoms. The number of ether oxygens (including phenoxy) is 1. The van der Waals surface area contributed by atoms with Crippen molar-refractivity contribution < 1.29 is 27.5 Å². The predicted octanol–water partition coefficient (Wildman–Crippen LogP) is 4.53. The van der Waals surface area contributed by atoms with Crippen LogP contribution in [0.15, 0.2) is 18.2 Å². The van der Waals surface area contributed by atoms with Crippen LogP contribution in [0.4, 0.5) is 23.7 Å². The zero-order valence-electron chi connectivity index (χ0n) is 17.2. The van der Waals surface area contributed by atoms with Crippen molar-refractivity contribution in [3.05, 3.63) is 28.8 Å². The molecular weight excluding hydrogens is 423 g/mol. The first kappa shape index (κ1) is 24.1. The Morgan fingerprint density at radius 2 is 1.90 bits per heavy atom. The summed E-state index contributed by atoms with van der Waals surface area (Å²) in [4.78, 5) is 26.2. The third-order valence-corrected chi connectivity index (χ3v) is 5.24. The quantitative estimate of drug-likeness (QED) is 0.669. The van der Waals surface area contributed by atoms with Crippen molar-refractivity contribution in [2.75, 3.05) is 25.0 Å². The number of amides is 2. The molecule has 0 bridgehead atoms. The van der Waals surface area contributed by atoms with Crippen molar-refractivity contribution in [3.63, 3.8) is 0 Å². The molecule has 0 unspecified atom stereocenters. The molecule has 6 nitrogen and oxygen atoms in total. The van der Waals surface area contributed by atoms with Gasteiger partial charge in [0.25, 0.3) is 0 Å². The lowest BCUT2D eigenvalue weighted by molar-refractivity contribution is -0.137. The summed E-state index contributed by atoms with van der Waals surface area (Å²) >= 11 is 6.01. The first-order valence-electron chi connectivity index (χ1n) is 9.88. The van der Waals surface area contributed by atoms with E-state index in [0.717, 1.165) is 12.1 Å². The normalized spacial score (nSPS) is 16.3. The maximum absolute atomic E-state index is 12.8. The highest BCUT2D eigenvalue weighted by Crippen LogP contribution is 2.34. The van der Waals surface area contributed by atoms with Gasteiger partial charge in [-0.1, -0.05) is 25.4 Å². The van der Waals surface area contributed by atoms with Gasteiger partial charge in [0.1, 0.15) is 6.04 Å². The van der Waals surface area contributed by atoms with E-state index in [1.807, 2.05) is 13.8 Å². The second kappa shape index (κ2) is 10.2. The van der Waals surface area contributed by atoms with Crippen molar-refractivity contribution in [2.24, 2.45) is 5.92 Å². The van der Waals surface area contributed by atoms with E-state index in [2.05, 4.69) is 10.6 Å². The molecule has 2 N–H and O–H groups in total. The number of nitrogens with one attached hydrogen (secondary N) is 2. The topological polar surface area (TPSA) is 70.7 Å². The molecule has 1 heterocycles. The molecule has 0 aliphatic carbocycles. The van der Waals surface area contributed by atoms with E-state index in [9.17, 15) is 22.8 Å². The first-order chi connectivity index (χ1) is 14.0. The third-order valence-electron chi connectivity index (χ3n) is 4.92. The monoisotopic (exact) mass is 449 g/mol. The zero-order valence-corrected chi connectivity index (χ0v) is 17.9. The number of alkyl halides is 3. The molecule has 1 fully saturated rings. The van der Waals surface area contributed by atoms with Gasteiger partial charge < -0.3 is 20.3 Å². The summed E-state index contributed by atoms with van der Waals surface area (Å²) in [6, 6.07) is 2.21. The van der Waals surface area contributed by atoms with Crippen LogP contribution in [0, 0.1) is 5.92 Å². The summed E-state index contributed by atoms with van der Waals surface area (Å²) < 4.78 is 43.5. The number of halogens is 4. The summed E-state index contributed by atoms with van der Waals surface area (Å²) in [7, 11) is 0. The van der Waals surface area contributed by atoms with E-state index >= 15 is 0 Å². The summed E-state index contributed by atoms with van der Waals surface area (Å²) in [6.07, 6.45) is -3.66. The Morgan fingerprint density at radius 3 is 2.40 bits per heavy atom. The number of hydrogen-bond donors (Lipinski definition) is 2. The van der Waals surface area contributed by atoms with E-state index in [1.54, 1.807) is 11.8 Å². The molecule has 1 aromatic rings. The van der Waals surface area contributed by atoms with Crippen molar-refractivity contribution in [3.8, 4) is 0 Å². The molecule has 0 radical (unpaired) electrons. The number of anilines is 1. The second-order valence-electron chi connectivity index (χ2n) is 7.53. The summed E-state index contributed by atoms with van der Waals surface area (Å²) in [5.41, 5.74) is -0.590. The molecule has 1 aromatic carbocycles. The Hall–Kier alpha value is -2.16. The van der Waals surface area contributed by atoms with Gasteiger partial charge in [0.05, 0.1) is 22.9 Å². The first-order valence-corrected chi connectivity index (χ1v) is 10.3. The van der Waals surface area contributed by atoms with E-state index < -0.39 is 17.8 Å². The average Bonchev–Trinajstić information content (AvgIpc) is 2.66. The van der Waals surface area contributed by atoms with Gasteiger partial charge in [0, 0.05) is 19.1 Å². The van der Waals surface area contributed by atoms with E-state index in [0.29, 0.717) is 32.5 Å². The van der Waals surface area contributed by atoms with Crippen molar-refractivity contribution in [2.45, 2.75) is 51.9 Å². The van der Waals surface area contributed by atoms with Crippen LogP contribution >= 0.6 is 11.6 Å². The van der Waals surface area contributed by atoms with E-state index in [4.69, 9.17) is 16.3 Å². The molecule has 168 valence electrons. The molecule has 1 saturated heterocycles. The fraction of sp³-hybridized carbons (Fsp3) is 0.600. The SMILES string of the molecule is CCOC(=O)N1CCC(NC(=O)[C@@H](Nc2ccc(C(F)(F)F)cc2Cl)C(C)C)CC1. The number of carbonyl (C=O) groups is 2. The molecule has 1 aliphatic rings. The zero-order chi connectivity index (χ0) is 22.5. The molecule has 1 aliphatic heterocycles. The molecule has 1 atom stereocenters. The fourth-order valence-corrected chi connectivity index (χ4v) is 3.46.